The van der Waals surface area contributed by atoms with Crippen LogP contribution in [-0.2, 0) is 13.6 Å². The van der Waals surface area contributed by atoms with E-state index >= 15 is 0 Å². The molecule has 0 saturated carbocycles. The van der Waals surface area contributed by atoms with Crippen molar-refractivity contribution in [3.63, 3.8) is 0 Å². The fraction of sp³-hybridized carbons (Fsp3) is 0.304. The molecule has 0 spiro atoms. The molecule has 0 bridgehead atoms. The van der Waals surface area contributed by atoms with Crippen molar-refractivity contribution in [1.82, 2.24) is 29.9 Å². The molecule has 0 atom stereocenters. The minimum absolute atomic E-state index is 0.101. The molecule has 0 aliphatic carbocycles. The predicted molar refractivity (Wildman–Crippen MR) is 125 cm³/mol. The molecule has 7 nitrogen and oxygen atoms in total. The van der Waals surface area contributed by atoms with Crippen LogP contribution < -0.4 is 5.32 Å². The number of pyridine rings is 1. The number of halogens is 1. The first kappa shape index (κ1) is 21.2. The Morgan fingerprint density at radius 2 is 1.90 bits per heavy atom. The molecular formula is C23H25BrN6O. The number of aryl methyl sites for hydroxylation is 4. The van der Waals surface area contributed by atoms with Crippen molar-refractivity contribution in [3.05, 3.63) is 63.6 Å². The molecule has 0 aliphatic heterocycles. The van der Waals surface area contributed by atoms with E-state index in [-0.39, 0.29) is 5.91 Å². The van der Waals surface area contributed by atoms with Crippen LogP contribution in [0.2, 0.25) is 0 Å². The minimum Gasteiger partial charge on any atom is -0.352 e. The van der Waals surface area contributed by atoms with Crippen LogP contribution in [0.4, 0.5) is 0 Å². The number of nitrogens with one attached hydrogen (secondary N) is 1. The zero-order valence-electron chi connectivity index (χ0n) is 18.1. The molecule has 1 N–H and O–H groups in total. The Kier molecular flexibility index (Phi) is 5.91. The summed E-state index contributed by atoms with van der Waals surface area (Å²) in [5.41, 5.74) is 6.05. The second kappa shape index (κ2) is 8.63. The van der Waals surface area contributed by atoms with Gasteiger partial charge in [0.05, 0.1) is 32.6 Å². The number of hydrogen-bond acceptors (Lipinski definition) is 4. The maximum absolute atomic E-state index is 13.1. The summed E-state index contributed by atoms with van der Waals surface area (Å²) in [6.45, 7) is 7.27. The van der Waals surface area contributed by atoms with E-state index in [9.17, 15) is 4.79 Å². The standard InChI is InChI=1S/C23H25BrN6O/c1-14-19(13-29(4)27-14)21-12-18(17-8-5-6-9-20(17)26-21)23(31)25-10-7-11-30-16(3)22(24)15(2)28-30/h5-6,8-9,12-13H,7,10-11H2,1-4H3,(H,25,31). The van der Waals surface area contributed by atoms with Crippen LogP contribution in [0.1, 0.15) is 33.9 Å². The molecule has 3 heterocycles. The van der Waals surface area contributed by atoms with Gasteiger partial charge in [0.15, 0.2) is 0 Å². The van der Waals surface area contributed by atoms with E-state index in [1.807, 2.05) is 69.0 Å². The predicted octanol–water partition coefficient (Wildman–Crippen LogP) is 4.34. The summed E-state index contributed by atoms with van der Waals surface area (Å²) in [4.78, 5) is 17.8. The molecule has 4 rings (SSSR count). The van der Waals surface area contributed by atoms with Crippen molar-refractivity contribution in [2.24, 2.45) is 7.05 Å². The topological polar surface area (TPSA) is 77.6 Å². The number of para-hydroxylation sites is 1. The van der Waals surface area contributed by atoms with Gasteiger partial charge in [-0.05, 0) is 55.3 Å². The van der Waals surface area contributed by atoms with Gasteiger partial charge in [-0.15, -0.1) is 0 Å². The third kappa shape index (κ3) is 4.25. The van der Waals surface area contributed by atoms with Crippen LogP contribution in [0.3, 0.4) is 0 Å². The molecule has 0 fully saturated rings. The fourth-order valence-electron chi connectivity index (χ4n) is 3.77. The SMILES string of the molecule is Cc1nn(C)cc1-c1cc(C(=O)NCCCn2nc(C)c(Br)c2C)c2ccccc2n1. The van der Waals surface area contributed by atoms with Gasteiger partial charge in [-0.25, -0.2) is 4.98 Å². The van der Waals surface area contributed by atoms with Gasteiger partial charge in [0.25, 0.3) is 5.91 Å². The molecule has 0 saturated heterocycles. The Morgan fingerprint density at radius 3 is 2.58 bits per heavy atom. The van der Waals surface area contributed by atoms with Crippen molar-refractivity contribution in [2.75, 3.05) is 6.54 Å². The summed E-state index contributed by atoms with van der Waals surface area (Å²) < 4.78 is 4.77. The molecule has 1 aromatic carbocycles. The van der Waals surface area contributed by atoms with Crippen molar-refractivity contribution in [2.45, 2.75) is 33.7 Å². The first-order valence-electron chi connectivity index (χ1n) is 10.2. The van der Waals surface area contributed by atoms with E-state index in [2.05, 4.69) is 31.4 Å². The van der Waals surface area contributed by atoms with E-state index in [0.717, 1.165) is 56.7 Å². The van der Waals surface area contributed by atoms with Gasteiger partial charge < -0.3 is 5.32 Å². The number of benzene rings is 1. The Morgan fingerprint density at radius 1 is 1.13 bits per heavy atom. The lowest BCUT2D eigenvalue weighted by Gasteiger charge is -2.11. The van der Waals surface area contributed by atoms with Crippen LogP contribution in [0.5, 0.6) is 0 Å². The summed E-state index contributed by atoms with van der Waals surface area (Å²) in [7, 11) is 1.88. The Labute approximate surface area is 189 Å². The molecule has 3 aromatic heterocycles. The van der Waals surface area contributed by atoms with Crippen molar-refractivity contribution >= 4 is 32.7 Å². The van der Waals surface area contributed by atoms with E-state index in [1.54, 1.807) is 4.68 Å². The summed E-state index contributed by atoms with van der Waals surface area (Å²) in [6, 6.07) is 9.59. The van der Waals surface area contributed by atoms with Gasteiger partial charge in [-0.3, -0.25) is 14.2 Å². The van der Waals surface area contributed by atoms with E-state index in [1.165, 1.54) is 0 Å². The number of fused-ring (bicyclic) bond motifs is 1. The lowest BCUT2D eigenvalue weighted by molar-refractivity contribution is 0.0954. The highest BCUT2D eigenvalue weighted by Gasteiger charge is 2.16. The molecule has 1 amide bonds. The molecule has 8 heteroatoms. The monoisotopic (exact) mass is 480 g/mol. The van der Waals surface area contributed by atoms with Crippen LogP contribution in [0.15, 0.2) is 41.0 Å². The van der Waals surface area contributed by atoms with Gasteiger partial charge in [0, 0.05) is 43.0 Å². The van der Waals surface area contributed by atoms with Gasteiger partial charge in [-0.2, -0.15) is 10.2 Å². The molecule has 160 valence electrons. The highest BCUT2D eigenvalue weighted by Crippen LogP contribution is 2.26. The van der Waals surface area contributed by atoms with E-state index in [0.29, 0.717) is 12.1 Å². The average Bonchev–Trinajstić information content (AvgIpc) is 3.22. The number of rotatable bonds is 6. The number of nitrogens with zero attached hydrogens (tertiary/aromatic N) is 5. The Bertz CT molecular complexity index is 1270. The normalized spacial score (nSPS) is 11.3. The van der Waals surface area contributed by atoms with Crippen LogP contribution in [-0.4, -0.2) is 37.0 Å². The van der Waals surface area contributed by atoms with Gasteiger partial charge >= 0.3 is 0 Å². The first-order chi connectivity index (χ1) is 14.8. The summed E-state index contributed by atoms with van der Waals surface area (Å²) in [5, 5.41) is 12.8. The average molecular weight is 481 g/mol. The summed E-state index contributed by atoms with van der Waals surface area (Å²) >= 11 is 3.55. The number of hydrogen-bond donors (Lipinski definition) is 1. The maximum Gasteiger partial charge on any atom is 0.252 e. The van der Waals surface area contributed by atoms with Crippen molar-refractivity contribution in [3.8, 4) is 11.3 Å². The summed E-state index contributed by atoms with van der Waals surface area (Å²) in [5.74, 6) is -0.101. The minimum atomic E-state index is -0.101. The third-order valence-electron chi connectivity index (χ3n) is 5.38. The third-order valence-corrected chi connectivity index (χ3v) is 6.52. The van der Waals surface area contributed by atoms with Gasteiger partial charge in [0.1, 0.15) is 0 Å². The Hall–Kier alpha value is -3.00. The molecule has 31 heavy (non-hydrogen) atoms. The van der Waals surface area contributed by atoms with E-state index < -0.39 is 0 Å². The smallest absolute Gasteiger partial charge is 0.252 e. The lowest BCUT2D eigenvalue weighted by atomic mass is 10.0. The van der Waals surface area contributed by atoms with Gasteiger partial charge in [-0.1, -0.05) is 18.2 Å². The zero-order chi connectivity index (χ0) is 22.1. The zero-order valence-corrected chi connectivity index (χ0v) is 19.7. The summed E-state index contributed by atoms with van der Waals surface area (Å²) in [6.07, 6.45) is 2.72. The van der Waals surface area contributed by atoms with Crippen LogP contribution >= 0.6 is 15.9 Å². The number of carbonyl (C=O) groups excluding carboxylic acids is 1. The second-order valence-corrected chi connectivity index (χ2v) is 8.48. The van der Waals surface area contributed by atoms with Crippen LogP contribution in [0.25, 0.3) is 22.2 Å². The molecule has 0 radical (unpaired) electrons. The quantitative estimate of drug-likeness (QED) is 0.416. The highest BCUT2D eigenvalue weighted by molar-refractivity contribution is 9.10. The largest absolute Gasteiger partial charge is 0.352 e. The molecule has 0 unspecified atom stereocenters. The fourth-order valence-corrected chi connectivity index (χ4v) is 4.06. The van der Waals surface area contributed by atoms with E-state index in [4.69, 9.17) is 4.98 Å². The van der Waals surface area contributed by atoms with Gasteiger partial charge in [0.2, 0.25) is 0 Å². The number of carbonyl (C=O) groups is 1. The number of amides is 1. The van der Waals surface area contributed by atoms with Crippen molar-refractivity contribution < 1.29 is 4.79 Å². The molecule has 0 aliphatic rings. The molecular weight excluding hydrogens is 456 g/mol. The maximum atomic E-state index is 13.1. The molecule has 4 aromatic rings. The van der Waals surface area contributed by atoms with Crippen molar-refractivity contribution in [1.29, 1.82) is 0 Å². The first-order valence-corrected chi connectivity index (χ1v) is 11.0. The van der Waals surface area contributed by atoms with Crippen LogP contribution in [0, 0.1) is 20.8 Å². The second-order valence-electron chi connectivity index (χ2n) is 7.69. The Balaban J connectivity index is 1.54. The highest BCUT2D eigenvalue weighted by atomic mass is 79.9. The number of aromatic nitrogens is 5. The lowest BCUT2D eigenvalue weighted by Crippen LogP contribution is -2.26.